The van der Waals surface area contributed by atoms with Gasteiger partial charge < -0.3 is 0 Å². The maximum atomic E-state index is 12.4. The molecule has 21 heavy (non-hydrogen) atoms. The molecule has 0 aliphatic heterocycles. The first kappa shape index (κ1) is 14.8. The van der Waals surface area contributed by atoms with Crippen molar-refractivity contribution >= 4 is 5.78 Å². The minimum atomic E-state index is 0.158. The SMILES string of the molecule is Cc1ccc(C2CC(C)C(=O)CC(C)(C)CC23CC3)cc1. The summed E-state index contributed by atoms with van der Waals surface area (Å²) in [6, 6.07) is 9.04. The number of rotatable bonds is 1. The molecule has 1 spiro atoms. The molecule has 0 bridgehead atoms. The van der Waals surface area contributed by atoms with Crippen LogP contribution in [0.1, 0.15) is 69.9 Å². The monoisotopic (exact) mass is 284 g/mol. The molecule has 2 saturated carbocycles. The molecule has 114 valence electrons. The van der Waals surface area contributed by atoms with Crippen LogP contribution in [0, 0.1) is 23.7 Å². The molecule has 3 rings (SSSR count). The number of carbonyl (C=O) groups excluding carboxylic acids is 1. The van der Waals surface area contributed by atoms with Gasteiger partial charge in [0.2, 0.25) is 0 Å². The van der Waals surface area contributed by atoms with E-state index in [2.05, 4.69) is 52.0 Å². The molecule has 2 fully saturated rings. The van der Waals surface area contributed by atoms with Gasteiger partial charge in [0.15, 0.2) is 0 Å². The lowest BCUT2D eigenvalue weighted by Crippen LogP contribution is -2.32. The number of aryl methyl sites for hydroxylation is 1. The van der Waals surface area contributed by atoms with Gasteiger partial charge in [-0.15, -0.1) is 0 Å². The van der Waals surface area contributed by atoms with E-state index in [1.807, 2.05) is 0 Å². The summed E-state index contributed by atoms with van der Waals surface area (Å²) >= 11 is 0. The van der Waals surface area contributed by atoms with E-state index in [0.717, 1.165) is 12.8 Å². The van der Waals surface area contributed by atoms with Gasteiger partial charge in [0, 0.05) is 12.3 Å². The van der Waals surface area contributed by atoms with E-state index in [1.54, 1.807) is 0 Å². The van der Waals surface area contributed by atoms with Crippen LogP contribution in [-0.2, 0) is 4.79 Å². The lowest BCUT2D eigenvalue weighted by atomic mass is 9.65. The van der Waals surface area contributed by atoms with Gasteiger partial charge in [0.1, 0.15) is 5.78 Å². The Kier molecular flexibility index (Phi) is 3.50. The fraction of sp³-hybridized carbons (Fsp3) is 0.650. The van der Waals surface area contributed by atoms with E-state index in [9.17, 15) is 4.79 Å². The van der Waals surface area contributed by atoms with Gasteiger partial charge in [-0.2, -0.15) is 0 Å². The van der Waals surface area contributed by atoms with Crippen molar-refractivity contribution in [2.45, 2.75) is 65.7 Å². The zero-order valence-electron chi connectivity index (χ0n) is 13.9. The van der Waals surface area contributed by atoms with Crippen LogP contribution in [0.4, 0.5) is 0 Å². The summed E-state index contributed by atoms with van der Waals surface area (Å²) in [5.41, 5.74) is 3.40. The summed E-state index contributed by atoms with van der Waals surface area (Å²) in [6.45, 7) is 8.86. The zero-order chi connectivity index (χ0) is 15.3. The van der Waals surface area contributed by atoms with Crippen LogP contribution in [-0.4, -0.2) is 5.78 Å². The third-order valence-electron chi connectivity index (χ3n) is 5.73. The Morgan fingerprint density at radius 3 is 2.29 bits per heavy atom. The summed E-state index contributed by atoms with van der Waals surface area (Å²) in [5.74, 6) is 1.23. The summed E-state index contributed by atoms with van der Waals surface area (Å²) in [5, 5.41) is 0. The number of ketones is 1. The third kappa shape index (κ3) is 2.93. The fourth-order valence-electron chi connectivity index (χ4n) is 4.49. The lowest BCUT2D eigenvalue weighted by molar-refractivity contribution is -0.126. The second-order valence-corrected chi connectivity index (χ2v) is 8.45. The maximum absolute atomic E-state index is 12.4. The van der Waals surface area contributed by atoms with Crippen LogP contribution in [0.15, 0.2) is 24.3 Å². The van der Waals surface area contributed by atoms with Gasteiger partial charge in [0.05, 0.1) is 0 Å². The molecule has 0 aromatic heterocycles. The largest absolute Gasteiger partial charge is 0.299 e. The summed E-state index contributed by atoms with van der Waals surface area (Å²) in [4.78, 5) is 12.4. The molecule has 1 aromatic rings. The molecule has 2 unspecified atom stereocenters. The molecule has 0 N–H and O–H groups in total. The van der Waals surface area contributed by atoms with Crippen LogP contribution in [0.2, 0.25) is 0 Å². The minimum Gasteiger partial charge on any atom is -0.299 e. The Balaban J connectivity index is 1.96. The van der Waals surface area contributed by atoms with E-state index < -0.39 is 0 Å². The first-order valence-electron chi connectivity index (χ1n) is 8.41. The average Bonchev–Trinajstić information content (AvgIpc) is 3.15. The highest BCUT2D eigenvalue weighted by Crippen LogP contribution is 2.64. The van der Waals surface area contributed by atoms with Crippen molar-refractivity contribution < 1.29 is 4.79 Å². The smallest absolute Gasteiger partial charge is 0.136 e. The number of hydrogen-bond donors (Lipinski definition) is 0. The Bertz CT molecular complexity index is 533. The highest BCUT2D eigenvalue weighted by Gasteiger charge is 2.53. The molecule has 1 aromatic carbocycles. The normalized spacial score (nSPS) is 30.8. The highest BCUT2D eigenvalue weighted by atomic mass is 16.1. The molecule has 2 atom stereocenters. The van der Waals surface area contributed by atoms with Gasteiger partial charge >= 0.3 is 0 Å². The predicted octanol–water partition coefficient (Wildman–Crippen LogP) is 5.27. The van der Waals surface area contributed by atoms with Crippen LogP contribution >= 0.6 is 0 Å². The van der Waals surface area contributed by atoms with Crippen LogP contribution in [0.3, 0.4) is 0 Å². The van der Waals surface area contributed by atoms with Crippen molar-refractivity contribution in [3.63, 3.8) is 0 Å². The lowest BCUT2D eigenvalue weighted by Gasteiger charge is -2.39. The summed E-state index contributed by atoms with van der Waals surface area (Å²) in [6.07, 6.45) is 5.69. The third-order valence-corrected chi connectivity index (χ3v) is 5.73. The summed E-state index contributed by atoms with van der Waals surface area (Å²) in [7, 11) is 0. The second-order valence-electron chi connectivity index (χ2n) is 8.45. The van der Waals surface area contributed by atoms with Crippen LogP contribution in [0.5, 0.6) is 0 Å². The van der Waals surface area contributed by atoms with Crippen LogP contribution < -0.4 is 0 Å². The standard InChI is InChI=1S/C20H28O/c1-14-5-7-16(8-6-14)17-11-15(2)18(21)12-19(3,4)13-20(17)9-10-20/h5-8,15,17H,9-13H2,1-4H3. The van der Waals surface area contributed by atoms with E-state index in [-0.39, 0.29) is 11.3 Å². The Labute approximate surface area is 129 Å². The number of benzene rings is 1. The van der Waals surface area contributed by atoms with E-state index in [1.165, 1.54) is 30.4 Å². The fourth-order valence-corrected chi connectivity index (χ4v) is 4.49. The summed E-state index contributed by atoms with van der Waals surface area (Å²) < 4.78 is 0. The van der Waals surface area contributed by atoms with Gasteiger partial charge in [-0.1, -0.05) is 50.6 Å². The zero-order valence-corrected chi connectivity index (χ0v) is 13.9. The number of carbonyl (C=O) groups is 1. The van der Waals surface area contributed by atoms with E-state index in [0.29, 0.717) is 17.1 Å². The number of hydrogen-bond acceptors (Lipinski definition) is 1. The molecule has 2 aliphatic carbocycles. The first-order chi connectivity index (χ1) is 9.81. The maximum Gasteiger partial charge on any atom is 0.136 e. The van der Waals surface area contributed by atoms with Crippen LogP contribution in [0.25, 0.3) is 0 Å². The van der Waals surface area contributed by atoms with Gasteiger partial charge in [-0.25, -0.2) is 0 Å². The molecule has 2 aliphatic rings. The van der Waals surface area contributed by atoms with Crippen molar-refractivity contribution in [3.8, 4) is 0 Å². The quantitative estimate of drug-likeness (QED) is 0.686. The van der Waals surface area contributed by atoms with E-state index >= 15 is 0 Å². The molecule has 1 heteroatoms. The molecular weight excluding hydrogens is 256 g/mol. The van der Waals surface area contributed by atoms with Gasteiger partial charge in [-0.05, 0) is 54.9 Å². The average molecular weight is 284 g/mol. The topological polar surface area (TPSA) is 17.1 Å². The molecule has 0 heterocycles. The molecule has 1 nitrogen and oxygen atoms in total. The van der Waals surface area contributed by atoms with Gasteiger partial charge in [-0.3, -0.25) is 4.79 Å². The Morgan fingerprint density at radius 1 is 1.10 bits per heavy atom. The Morgan fingerprint density at radius 2 is 1.71 bits per heavy atom. The first-order valence-corrected chi connectivity index (χ1v) is 8.41. The molecular formula is C20H28O. The molecule has 0 radical (unpaired) electrons. The Hall–Kier alpha value is -1.11. The second kappa shape index (κ2) is 4.97. The molecule has 0 amide bonds. The minimum absolute atomic E-state index is 0.158. The van der Waals surface area contributed by atoms with Crippen molar-refractivity contribution in [2.24, 2.45) is 16.7 Å². The van der Waals surface area contributed by atoms with E-state index in [4.69, 9.17) is 0 Å². The molecule has 0 saturated heterocycles. The van der Waals surface area contributed by atoms with Crippen molar-refractivity contribution in [1.82, 2.24) is 0 Å². The van der Waals surface area contributed by atoms with Gasteiger partial charge in [0.25, 0.3) is 0 Å². The highest BCUT2D eigenvalue weighted by molar-refractivity contribution is 5.81. The predicted molar refractivity (Wildman–Crippen MR) is 87.4 cm³/mol. The number of Topliss-reactive ketones (excluding diaryl/α,β-unsaturated/α-hetero) is 1. The van der Waals surface area contributed by atoms with Crippen molar-refractivity contribution in [3.05, 3.63) is 35.4 Å². The van der Waals surface area contributed by atoms with Crippen molar-refractivity contribution in [1.29, 1.82) is 0 Å². The van der Waals surface area contributed by atoms with Crippen molar-refractivity contribution in [2.75, 3.05) is 0 Å².